The standard InChI is InChI=1S/C21H30ClN3O5S/c1-21(20(27)23-16-8-6-4-5-7-9-16)14-24(31(3,28)29)13-19(26)25(21)17-12-15(22)10-11-18(17)30-2/h10-12,16H,4-9,13-14H2,1-3H3,(H,23,27). The topological polar surface area (TPSA) is 96.0 Å². The fourth-order valence-corrected chi connectivity index (χ4v) is 5.37. The molecular weight excluding hydrogens is 442 g/mol. The van der Waals surface area contributed by atoms with Crippen molar-refractivity contribution in [3.8, 4) is 5.75 Å². The Hall–Kier alpha value is -1.84. The monoisotopic (exact) mass is 471 g/mol. The van der Waals surface area contributed by atoms with Gasteiger partial charge in [-0.2, -0.15) is 4.31 Å². The molecule has 0 radical (unpaired) electrons. The third-order valence-corrected chi connectivity index (χ3v) is 7.50. The minimum Gasteiger partial charge on any atom is -0.495 e. The summed E-state index contributed by atoms with van der Waals surface area (Å²) in [4.78, 5) is 28.2. The lowest BCUT2D eigenvalue weighted by molar-refractivity contribution is -0.133. The summed E-state index contributed by atoms with van der Waals surface area (Å²) in [7, 11) is -2.22. The van der Waals surface area contributed by atoms with Gasteiger partial charge in [0.15, 0.2) is 0 Å². The van der Waals surface area contributed by atoms with E-state index < -0.39 is 21.5 Å². The van der Waals surface area contributed by atoms with E-state index in [9.17, 15) is 18.0 Å². The number of rotatable bonds is 5. The van der Waals surface area contributed by atoms with Crippen LogP contribution in [0.15, 0.2) is 18.2 Å². The third-order valence-electron chi connectivity index (χ3n) is 6.07. The van der Waals surface area contributed by atoms with Gasteiger partial charge in [-0.15, -0.1) is 0 Å². The van der Waals surface area contributed by atoms with E-state index in [0.717, 1.165) is 49.1 Å². The molecule has 1 aliphatic heterocycles. The fraction of sp³-hybridized carbons (Fsp3) is 0.619. The summed E-state index contributed by atoms with van der Waals surface area (Å²) < 4.78 is 31.0. The van der Waals surface area contributed by atoms with Crippen molar-refractivity contribution in [2.45, 2.75) is 57.0 Å². The number of anilines is 1. The number of ether oxygens (including phenoxy) is 1. The molecule has 1 saturated carbocycles. The van der Waals surface area contributed by atoms with Crippen LogP contribution in [0.5, 0.6) is 5.75 Å². The summed E-state index contributed by atoms with van der Waals surface area (Å²) in [5.74, 6) is -0.530. The first-order chi connectivity index (χ1) is 14.6. The zero-order chi connectivity index (χ0) is 22.8. The van der Waals surface area contributed by atoms with Gasteiger partial charge in [-0.3, -0.25) is 14.5 Å². The number of halogens is 1. The highest BCUT2D eigenvalue weighted by atomic mass is 35.5. The summed E-state index contributed by atoms with van der Waals surface area (Å²) >= 11 is 6.19. The predicted octanol–water partition coefficient (Wildman–Crippen LogP) is 2.55. The van der Waals surface area contributed by atoms with Crippen LogP contribution < -0.4 is 15.0 Å². The number of carbonyl (C=O) groups excluding carboxylic acids is 2. The van der Waals surface area contributed by atoms with E-state index in [4.69, 9.17) is 16.3 Å². The highest BCUT2D eigenvalue weighted by Gasteiger charge is 2.51. The molecule has 1 aromatic rings. The molecular formula is C21H30ClN3O5S. The molecule has 2 amide bonds. The van der Waals surface area contributed by atoms with Gasteiger partial charge in [0.25, 0.3) is 0 Å². The first-order valence-corrected chi connectivity index (χ1v) is 12.7. The Morgan fingerprint density at radius 1 is 1.23 bits per heavy atom. The van der Waals surface area contributed by atoms with E-state index in [2.05, 4.69) is 5.32 Å². The number of hydrogen-bond donors (Lipinski definition) is 1. The van der Waals surface area contributed by atoms with Crippen molar-refractivity contribution in [2.24, 2.45) is 0 Å². The van der Waals surface area contributed by atoms with Crippen molar-refractivity contribution in [1.82, 2.24) is 9.62 Å². The Morgan fingerprint density at radius 2 is 1.87 bits per heavy atom. The van der Waals surface area contributed by atoms with Crippen molar-refractivity contribution in [3.05, 3.63) is 23.2 Å². The fourth-order valence-electron chi connectivity index (χ4n) is 4.38. The smallest absolute Gasteiger partial charge is 0.247 e. The number of hydrogen-bond acceptors (Lipinski definition) is 5. The second-order valence-corrected chi connectivity index (χ2v) is 10.9. The van der Waals surface area contributed by atoms with Gasteiger partial charge in [-0.05, 0) is 38.0 Å². The van der Waals surface area contributed by atoms with Crippen LogP contribution in [0, 0.1) is 0 Å². The minimum absolute atomic E-state index is 0.00126. The van der Waals surface area contributed by atoms with Crippen LogP contribution in [-0.4, -0.2) is 62.6 Å². The van der Waals surface area contributed by atoms with Crippen LogP contribution in [0.2, 0.25) is 5.02 Å². The van der Waals surface area contributed by atoms with Crippen LogP contribution >= 0.6 is 11.6 Å². The second-order valence-electron chi connectivity index (χ2n) is 8.51. The van der Waals surface area contributed by atoms with Gasteiger partial charge in [0.2, 0.25) is 21.8 Å². The quantitative estimate of drug-likeness (QED) is 0.666. The highest BCUT2D eigenvalue weighted by Crippen LogP contribution is 2.38. The highest BCUT2D eigenvalue weighted by molar-refractivity contribution is 7.88. The Morgan fingerprint density at radius 3 is 2.45 bits per heavy atom. The first-order valence-electron chi connectivity index (χ1n) is 10.5. The molecule has 1 N–H and O–H groups in total. The maximum Gasteiger partial charge on any atom is 0.247 e. The summed E-state index contributed by atoms with van der Waals surface area (Å²) in [5.41, 5.74) is -1.13. The lowest BCUT2D eigenvalue weighted by atomic mass is 9.93. The van der Waals surface area contributed by atoms with E-state index in [1.165, 1.54) is 12.0 Å². The molecule has 1 atom stereocenters. The number of sulfonamides is 1. The largest absolute Gasteiger partial charge is 0.495 e. The Kier molecular flexibility index (Phi) is 7.18. The number of amides is 2. The van der Waals surface area contributed by atoms with Crippen molar-refractivity contribution in [2.75, 3.05) is 31.4 Å². The molecule has 172 valence electrons. The number of methoxy groups -OCH3 is 1. The Labute approximate surface area is 188 Å². The van der Waals surface area contributed by atoms with Crippen LogP contribution in [0.4, 0.5) is 5.69 Å². The van der Waals surface area contributed by atoms with E-state index in [-0.39, 0.29) is 25.0 Å². The number of piperazine rings is 1. The predicted molar refractivity (Wildman–Crippen MR) is 120 cm³/mol. The molecule has 1 heterocycles. The third kappa shape index (κ3) is 5.15. The Bertz CT molecular complexity index is 946. The van der Waals surface area contributed by atoms with E-state index in [1.54, 1.807) is 25.1 Å². The molecule has 0 aromatic heterocycles. The summed E-state index contributed by atoms with van der Waals surface area (Å²) in [6, 6.07) is 4.81. The molecule has 1 saturated heterocycles. The Balaban J connectivity index is 2.03. The van der Waals surface area contributed by atoms with Crippen LogP contribution in [0.1, 0.15) is 45.4 Å². The molecule has 3 rings (SSSR count). The van der Waals surface area contributed by atoms with Gasteiger partial charge >= 0.3 is 0 Å². The van der Waals surface area contributed by atoms with Gasteiger partial charge in [0.1, 0.15) is 11.3 Å². The van der Waals surface area contributed by atoms with Crippen molar-refractivity contribution in [3.63, 3.8) is 0 Å². The van der Waals surface area contributed by atoms with Gasteiger partial charge in [-0.1, -0.05) is 37.3 Å². The summed E-state index contributed by atoms with van der Waals surface area (Å²) in [6.07, 6.45) is 7.10. The first kappa shape index (κ1) is 23.8. The normalized spacial score (nSPS) is 24.0. The van der Waals surface area contributed by atoms with Crippen LogP contribution in [-0.2, 0) is 19.6 Å². The van der Waals surface area contributed by atoms with Gasteiger partial charge in [0.05, 0.1) is 25.6 Å². The molecule has 1 aromatic carbocycles. The molecule has 1 aliphatic carbocycles. The lowest BCUT2D eigenvalue weighted by Gasteiger charge is -2.47. The molecule has 31 heavy (non-hydrogen) atoms. The second kappa shape index (κ2) is 9.34. The number of nitrogens with zero attached hydrogens (tertiary/aromatic N) is 2. The minimum atomic E-state index is -3.68. The molecule has 2 fully saturated rings. The van der Waals surface area contributed by atoms with Crippen LogP contribution in [0.3, 0.4) is 0 Å². The van der Waals surface area contributed by atoms with Crippen molar-refractivity contribution >= 4 is 39.1 Å². The maximum absolute atomic E-state index is 13.6. The number of nitrogens with one attached hydrogen (secondary N) is 1. The molecule has 2 aliphatic rings. The van der Waals surface area contributed by atoms with E-state index >= 15 is 0 Å². The van der Waals surface area contributed by atoms with Gasteiger partial charge in [-0.25, -0.2) is 8.42 Å². The van der Waals surface area contributed by atoms with Crippen molar-refractivity contribution < 1.29 is 22.7 Å². The molecule has 0 bridgehead atoms. The summed E-state index contributed by atoms with van der Waals surface area (Å²) in [5, 5.41) is 3.46. The average molecular weight is 472 g/mol. The van der Waals surface area contributed by atoms with Gasteiger partial charge in [0, 0.05) is 17.6 Å². The van der Waals surface area contributed by atoms with Crippen LogP contribution in [0.25, 0.3) is 0 Å². The summed E-state index contributed by atoms with van der Waals surface area (Å²) in [6.45, 7) is 1.07. The zero-order valence-electron chi connectivity index (χ0n) is 18.2. The molecule has 8 nitrogen and oxygen atoms in total. The SMILES string of the molecule is COc1ccc(Cl)cc1N1C(=O)CN(S(C)(=O)=O)CC1(C)C(=O)NC1CCCCCC1. The molecule has 0 spiro atoms. The number of benzene rings is 1. The number of carbonyl (C=O) groups is 2. The van der Waals surface area contributed by atoms with E-state index in [0.29, 0.717) is 16.5 Å². The average Bonchev–Trinajstić information content (AvgIpc) is 2.95. The molecule has 1 unspecified atom stereocenters. The zero-order valence-corrected chi connectivity index (χ0v) is 19.8. The van der Waals surface area contributed by atoms with Gasteiger partial charge < -0.3 is 10.1 Å². The van der Waals surface area contributed by atoms with Crippen molar-refractivity contribution in [1.29, 1.82) is 0 Å². The molecule has 10 heteroatoms. The van der Waals surface area contributed by atoms with E-state index in [1.807, 2.05) is 0 Å². The maximum atomic E-state index is 13.6. The lowest BCUT2D eigenvalue weighted by Crippen LogP contribution is -2.70.